The molecule has 1 atom stereocenters. The van der Waals surface area contributed by atoms with E-state index >= 15 is 0 Å². The van der Waals surface area contributed by atoms with Crippen molar-refractivity contribution in [3.05, 3.63) is 147 Å². The van der Waals surface area contributed by atoms with Gasteiger partial charge in [-0.25, -0.2) is 0 Å². The standard InChI is InChI=1S/C31H39.C13H10.2ClH.Zr/c1-19-15-22(31(8,9)10)18-25(19)28-26-16-20(29(2,3)4)11-13-23(26)24-14-12-21(17-27(24)28)30(5,6)7;1-3-7-12(8-4-1)11-13-9-5-2-6-10-13;;;/h11-16,28H,18H2,1-10H3;1-10H;2*1H;/q;;;;+2/p-2. The van der Waals surface area contributed by atoms with Crippen molar-refractivity contribution in [1.82, 2.24) is 0 Å². The summed E-state index contributed by atoms with van der Waals surface area (Å²) in [5, 5.41) is 0. The van der Waals surface area contributed by atoms with E-state index in [1.807, 2.05) is 0 Å². The summed E-state index contributed by atoms with van der Waals surface area (Å²) in [4.78, 5) is 0. The largest absolute Gasteiger partial charge is 1.00 e. The molecule has 0 nitrogen and oxygen atoms in total. The number of benzene rings is 4. The first-order chi connectivity index (χ1) is 21.1. The minimum absolute atomic E-state index is 0. The number of rotatable bonds is 4. The average Bonchev–Trinajstić information content (AvgIpc) is 3.53. The summed E-state index contributed by atoms with van der Waals surface area (Å²) in [5.41, 5.74) is 16.7. The summed E-state index contributed by atoms with van der Waals surface area (Å²) in [5.74, 6) is 0.291. The molecule has 4 aromatic rings. The summed E-state index contributed by atoms with van der Waals surface area (Å²) in [6.07, 6.45) is 3.58. The number of hydrogen-bond donors (Lipinski definition) is 0. The third-order valence-corrected chi connectivity index (χ3v) is 13.8. The monoisotopic (exact) mass is 737 g/mol. The van der Waals surface area contributed by atoms with E-state index in [2.05, 4.69) is 166 Å². The maximum Gasteiger partial charge on any atom is -1.00 e. The Morgan fingerprint density at radius 3 is 1.68 bits per heavy atom. The number of fused-ring (bicyclic) bond motifs is 3. The van der Waals surface area contributed by atoms with E-state index in [0.29, 0.717) is 5.92 Å². The molecule has 4 aromatic carbocycles. The summed E-state index contributed by atoms with van der Waals surface area (Å²) >= 11 is -1.32. The number of hydrogen-bond acceptors (Lipinski definition) is 0. The fourth-order valence-electron chi connectivity index (χ4n) is 7.15. The fourth-order valence-corrected chi connectivity index (χ4v) is 11.8. The molecule has 3 heteroatoms. The second kappa shape index (κ2) is 13.9. The first kappa shape index (κ1) is 37.5. The molecular weight excluding hydrogens is 691 g/mol. The molecule has 6 rings (SSSR count). The third kappa shape index (κ3) is 7.34. The Morgan fingerprint density at radius 1 is 0.638 bits per heavy atom. The van der Waals surface area contributed by atoms with Gasteiger partial charge in [0, 0.05) is 0 Å². The van der Waals surface area contributed by atoms with Crippen LogP contribution in [0.25, 0.3) is 11.1 Å². The summed E-state index contributed by atoms with van der Waals surface area (Å²) < 4.78 is 3.24. The van der Waals surface area contributed by atoms with Crippen LogP contribution in [-0.4, -0.2) is 3.21 Å². The molecule has 0 saturated heterocycles. The zero-order valence-corrected chi connectivity index (χ0v) is 33.7. The summed E-state index contributed by atoms with van der Waals surface area (Å²) in [6, 6.07) is 34.8. The molecular formula is C44H49Cl2Zr. The molecule has 243 valence electrons. The quantitative estimate of drug-likeness (QED) is 0.275. The van der Waals surface area contributed by atoms with Gasteiger partial charge in [-0.05, 0) is 0 Å². The molecule has 0 radical (unpaired) electrons. The predicted molar refractivity (Wildman–Crippen MR) is 192 cm³/mol. The van der Waals surface area contributed by atoms with Gasteiger partial charge >= 0.3 is 285 Å². The molecule has 0 heterocycles. The van der Waals surface area contributed by atoms with Gasteiger partial charge in [-0.2, -0.15) is 0 Å². The SMILES string of the molecule is CC1=C(C2c3cc(C(C)(C)C)ccc3-c3ccc(C(C)(C)C)[c]([Zr+2]=[C](c4ccccc4)c4ccccc4)c32)CC(C(C)(C)C)=C1.[Cl-].[Cl-]. The zero-order valence-electron chi connectivity index (χ0n) is 29.8. The Kier molecular flexibility index (Phi) is 11.1. The Labute approximate surface area is 308 Å². The van der Waals surface area contributed by atoms with Gasteiger partial charge in [-0.15, -0.1) is 0 Å². The van der Waals surface area contributed by atoms with Crippen molar-refractivity contribution < 1.29 is 47.6 Å². The summed E-state index contributed by atoms with van der Waals surface area (Å²) in [7, 11) is 0. The molecule has 47 heavy (non-hydrogen) atoms. The van der Waals surface area contributed by atoms with Crippen LogP contribution in [-0.2, 0) is 33.6 Å². The van der Waals surface area contributed by atoms with Crippen LogP contribution in [0.1, 0.15) is 115 Å². The maximum atomic E-state index is 2.57. The van der Waals surface area contributed by atoms with Gasteiger partial charge in [0.25, 0.3) is 0 Å². The van der Waals surface area contributed by atoms with Crippen LogP contribution < -0.4 is 28.1 Å². The molecule has 2 aliphatic carbocycles. The first-order valence-electron chi connectivity index (χ1n) is 16.6. The van der Waals surface area contributed by atoms with E-state index in [1.54, 1.807) is 23.2 Å². The molecule has 0 saturated carbocycles. The minimum Gasteiger partial charge on any atom is -1.00 e. The van der Waals surface area contributed by atoms with Gasteiger partial charge < -0.3 is 24.8 Å². The minimum atomic E-state index is -1.32. The van der Waals surface area contributed by atoms with Crippen LogP contribution in [0.2, 0.25) is 0 Å². The van der Waals surface area contributed by atoms with Crippen LogP contribution in [0.5, 0.6) is 0 Å². The van der Waals surface area contributed by atoms with E-state index in [9.17, 15) is 0 Å². The molecule has 2 aliphatic rings. The van der Waals surface area contributed by atoms with Crippen LogP contribution in [0.3, 0.4) is 0 Å². The second-order valence-corrected chi connectivity index (χ2v) is 19.3. The van der Waals surface area contributed by atoms with Gasteiger partial charge in [0.05, 0.1) is 0 Å². The Bertz CT molecular complexity index is 1810. The van der Waals surface area contributed by atoms with Crippen molar-refractivity contribution in [1.29, 1.82) is 0 Å². The van der Waals surface area contributed by atoms with Gasteiger partial charge in [-0.1, -0.05) is 0 Å². The van der Waals surface area contributed by atoms with Crippen molar-refractivity contribution in [3.8, 4) is 11.1 Å². The third-order valence-electron chi connectivity index (χ3n) is 9.83. The fraction of sp³-hybridized carbons (Fsp3) is 0.341. The van der Waals surface area contributed by atoms with Crippen LogP contribution in [0.4, 0.5) is 0 Å². The molecule has 0 amide bonds. The van der Waals surface area contributed by atoms with E-state index in [0.717, 1.165) is 6.42 Å². The van der Waals surface area contributed by atoms with E-state index in [4.69, 9.17) is 0 Å². The first-order valence-corrected chi connectivity index (χ1v) is 19.1. The Morgan fingerprint density at radius 2 is 1.19 bits per heavy atom. The topological polar surface area (TPSA) is 0 Å². The second-order valence-electron chi connectivity index (χ2n) is 16.2. The van der Waals surface area contributed by atoms with Crippen molar-refractivity contribution in [2.45, 2.75) is 92.4 Å². The number of allylic oxidation sites excluding steroid dienone is 4. The van der Waals surface area contributed by atoms with Crippen molar-refractivity contribution in [3.63, 3.8) is 0 Å². The zero-order chi connectivity index (χ0) is 32.3. The predicted octanol–water partition coefficient (Wildman–Crippen LogP) is 5.07. The molecule has 0 aliphatic heterocycles. The molecule has 1 unspecified atom stereocenters. The van der Waals surface area contributed by atoms with Gasteiger partial charge in [-0.3, -0.25) is 0 Å². The average molecular weight is 740 g/mol. The van der Waals surface area contributed by atoms with E-state index < -0.39 is 22.8 Å². The molecule has 0 aromatic heterocycles. The van der Waals surface area contributed by atoms with Gasteiger partial charge in [0.1, 0.15) is 0 Å². The van der Waals surface area contributed by atoms with Gasteiger partial charge in [0.15, 0.2) is 0 Å². The molecule has 0 fully saturated rings. The van der Waals surface area contributed by atoms with E-state index in [1.165, 1.54) is 44.5 Å². The summed E-state index contributed by atoms with van der Waals surface area (Å²) in [6.45, 7) is 23.8. The Balaban J connectivity index is 0.00000250. The van der Waals surface area contributed by atoms with Crippen LogP contribution in [0.15, 0.2) is 114 Å². The van der Waals surface area contributed by atoms with E-state index in [-0.39, 0.29) is 41.1 Å². The van der Waals surface area contributed by atoms with Gasteiger partial charge in [0.2, 0.25) is 0 Å². The molecule has 0 N–H and O–H groups in total. The molecule has 0 bridgehead atoms. The van der Waals surface area contributed by atoms with Crippen LogP contribution >= 0.6 is 0 Å². The normalized spacial score (nSPS) is 15.6. The molecule has 0 spiro atoms. The smallest absolute Gasteiger partial charge is 1.00 e. The van der Waals surface area contributed by atoms with Crippen molar-refractivity contribution in [2.75, 3.05) is 0 Å². The van der Waals surface area contributed by atoms with Crippen molar-refractivity contribution >= 4 is 6.48 Å². The van der Waals surface area contributed by atoms with Crippen LogP contribution in [0, 0.1) is 5.41 Å². The Hall–Kier alpha value is -2.31. The van der Waals surface area contributed by atoms with Crippen molar-refractivity contribution in [2.24, 2.45) is 5.41 Å². The maximum absolute atomic E-state index is 2.57. The number of halogens is 2.